The summed E-state index contributed by atoms with van der Waals surface area (Å²) in [5.74, 6) is -1.40. The van der Waals surface area contributed by atoms with Crippen molar-refractivity contribution < 1.29 is 19.1 Å². The summed E-state index contributed by atoms with van der Waals surface area (Å²) in [5, 5.41) is 8.93. The van der Waals surface area contributed by atoms with Crippen molar-refractivity contribution in [1.82, 2.24) is 10.7 Å². The first-order valence-electron chi connectivity index (χ1n) is 9.10. The van der Waals surface area contributed by atoms with Crippen molar-refractivity contribution in [3.63, 3.8) is 0 Å². The SMILES string of the molecule is CCNC(=O)C(=O)N/N=C\c1cccc(OCC(=O)Nc2cc(C)ccc2C)c1. The normalized spacial score (nSPS) is 10.4. The molecule has 0 aromatic heterocycles. The van der Waals surface area contributed by atoms with Gasteiger partial charge in [0, 0.05) is 12.2 Å². The Morgan fingerprint density at radius 3 is 2.62 bits per heavy atom. The second kappa shape index (κ2) is 10.6. The highest BCUT2D eigenvalue weighted by Crippen LogP contribution is 2.17. The fourth-order valence-corrected chi connectivity index (χ4v) is 2.35. The lowest BCUT2D eigenvalue weighted by molar-refractivity contribution is -0.139. The average molecular weight is 396 g/mol. The molecule has 8 heteroatoms. The van der Waals surface area contributed by atoms with Gasteiger partial charge in [-0.25, -0.2) is 5.43 Å². The molecule has 0 heterocycles. The number of likely N-dealkylation sites (N-methyl/N-ethyl adjacent to an activating group) is 1. The molecular formula is C21H24N4O4. The van der Waals surface area contributed by atoms with E-state index in [1.807, 2.05) is 32.0 Å². The van der Waals surface area contributed by atoms with Crippen LogP contribution in [0, 0.1) is 13.8 Å². The van der Waals surface area contributed by atoms with E-state index in [4.69, 9.17) is 4.74 Å². The predicted molar refractivity (Wildman–Crippen MR) is 111 cm³/mol. The third kappa shape index (κ3) is 7.10. The molecule has 0 aliphatic carbocycles. The number of nitrogens with one attached hydrogen (secondary N) is 3. The van der Waals surface area contributed by atoms with Crippen LogP contribution in [0.25, 0.3) is 0 Å². The number of rotatable bonds is 7. The topological polar surface area (TPSA) is 109 Å². The molecule has 0 atom stereocenters. The van der Waals surface area contributed by atoms with Gasteiger partial charge in [-0.15, -0.1) is 0 Å². The van der Waals surface area contributed by atoms with E-state index >= 15 is 0 Å². The Kier molecular flexibility index (Phi) is 7.90. The molecule has 8 nitrogen and oxygen atoms in total. The molecule has 0 aliphatic heterocycles. The molecule has 0 saturated heterocycles. The average Bonchev–Trinajstić information content (AvgIpc) is 2.69. The molecule has 29 heavy (non-hydrogen) atoms. The van der Waals surface area contributed by atoms with Crippen molar-refractivity contribution >= 4 is 29.6 Å². The molecule has 3 N–H and O–H groups in total. The van der Waals surface area contributed by atoms with Gasteiger partial charge in [0.1, 0.15) is 5.75 Å². The Labute approximate surface area is 169 Å². The Bertz CT molecular complexity index is 925. The van der Waals surface area contributed by atoms with E-state index in [0.29, 0.717) is 17.9 Å². The van der Waals surface area contributed by atoms with Crippen LogP contribution >= 0.6 is 0 Å². The number of hydrazone groups is 1. The fraction of sp³-hybridized carbons (Fsp3) is 0.238. The van der Waals surface area contributed by atoms with Gasteiger partial charge in [0.05, 0.1) is 6.21 Å². The van der Waals surface area contributed by atoms with Crippen LogP contribution in [0.1, 0.15) is 23.6 Å². The van der Waals surface area contributed by atoms with E-state index in [0.717, 1.165) is 16.8 Å². The van der Waals surface area contributed by atoms with Crippen LogP contribution in [-0.2, 0) is 14.4 Å². The smallest absolute Gasteiger partial charge is 0.329 e. The molecule has 0 radical (unpaired) electrons. The number of anilines is 1. The van der Waals surface area contributed by atoms with E-state index in [1.54, 1.807) is 31.2 Å². The van der Waals surface area contributed by atoms with Gasteiger partial charge in [-0.2, -0.15) is 5.10 Å². The van der Waals surface area contributed by atoms with Crippen molar-refractivity contribution in [2.75, 3.05) is 18.5 Å². The second-order valence-electron chi connectivity index (χ2n) is 6.29. The zero-order valence-corrected chi connectivity index (χ0v) is 16.6. The van der Waals surface area contributed by atoms with Crippen LogP contribution in [0.3, 0.4) is 0 Å². The molecule has 0 saturated carbocycles. The number of aryl methyl sites for hydroxylation is 2. The summed E-state index contributed by atoms with van der Waals surface area (Å²) >= 11 is 0. The predicted octanol–water partition coefficient (Wildman–Crippen LogP) is 1.91. The van der Waals surface area contributed by atoms with E-state index in [1.165, 1.54) is 6.21 Å². The molecule has 3 amide bonds. The molecule has 0 fully saturated rings. The molecule has 2 rings (SSSR count). The maximum Gasteiger partial charge on any atom is 0.329 e. The monoisotopic (exact) mass is 396 g/mol. The summed E-state index contributed by atoms with van der Waals surface area (Å²) in [5.41, 5.74) is 5.54. The number of nitrogens with zero attached hydrogens (tertiary/aromatic N) is 1. The maximum absolute atomic E-state index is 12.2. The van der Waals surface area contributed by atoms with Gasteiger partial charge in [0.25, 0.3) is 5.91 Å². The largest absolute Gasteiger partial charge is 0.484 e. The van der Waals surface area contributed by atoms with Crippen molar-refractivity contribution in [1.29, 1.82) is 0 Å². The summed E-state index contributed by atoms with van der Waals surface area (Å²) in [6.45, 7) is 5.79. The van der Waals surface area contributed by atoms with Gasteiger partial charge >= 0.3 is 11.8 Å². The quantitative estimate of drug-likeness (QED) is 0.377. The minimum absolute atomic E-state index is 0.151. The van der Waals surface area contributed by atoms with Crippen LogP contribution in [0.5, 0.6) is 5.75 Å². The van der Waals surface area contributed by atoms with Crippen LogP contribution in [0.4, 0.5) is 5.69 Å². The molecule has 2 aromatic rings. The number of benzene rings is 2. The zero-order chi connectivity index (χ0) is 21.2. The first kappa shape index (κ1) is 21.6. The number of hydrogen-bond acceptors (Lipinski definition) is 5. The summed E-state index contributed by atoms with van der Waals surface area (Å²) in [4.78, 5) is 34.9. The van der Waals surface area contributed by atoms with Gasteiger partial charge in [0.15, 0.2) is 6.61 Å². The molecule has 0 spiro atoms. The first-order valence-corrected chi connectivity index (χ1v) is 9.10. The van der Waals surface area contributed by atoms with Crippen molar-refractivity contribution in [2.45, 2.75) is 20.8 Å². The lowest BCUT2D eigenvalue weighted by atomic mass is 10.1. The number of ether oxygens (including phenoxy) is 1. The first-order chi connectivity index (χ1) is 13.9. The van der Waals surface area contributed by atoms with Crippen LogP contribution < -0.4 is 20.8 Å². The van der Waals surface area contributed by atoms with Crippen LogP contribution in [0.15, 0.2) is 47.6 Å². The highest BCUT2D eigenvalue weighted by molar-refractivity contribution is 6.35. The minimum Gasteiger partial charge on any atom is -0.484 e. The summed E-state index contributed by atoms with van der Waals surface area (Å²) in [6.07, 6.45) is 1.38. The highest BCUT2D eigenvalue weighted by Gasteiger charge is 2.10. The summed E-state index contributed by atoms with van der Waals surface area (Å²) in [7, 11) is 0. The molecule has 0 aliphatic rings. The van der Waals surface area contributed by atoms with Gasteiger partial charge in [-0.1, -0.05) is 24.3 Å². The lowest BCUT2D eigenvalue weighted by Gasteiger charge is -2.10. The summed E-state index contributed by atoms with van der Waals surface area (Å²) < 4.78 is 5.52. The zero-order valence-electron chi connectivity index (χ0n) is 16.6. The molecular weight excluding hydrogens is 372 g/mol. The van der Waals surface area contributed by atoms with Crippen molar-refractivity contribution in [3.8, 4) is 5.75 Å². The van der Waals surface area contributed by atoms with E-state index < -0.39 is 11.8 Å². The molecule has 2 aromatic carbocycles. The number of hydrogen-bond donors (Lipinski definition) is 3. The van der Waals surface area contributed by atoms with Crippen LogP contribution in [0.2, 0.25) is 0 Å². The Balaban J connectivity index is 1.88. The number of carbonyl (C=O) groups is 3. The van der Waals surface area contributed by atoms with Crippen molar-refractivity contribution in [3.05, 3.63) is 59.2 Å². The van der Waals surface area contributed by atoms with E-state index in [2.05, 4.69) is 21.2 Å². The third-order valence-corrected chi connectivity index (χ3v) is 3.82. The maximum atomic E-state index is 12.2. The van der Waals surface area contributed by atoms with E-state index in [9.17, 15) is 14.4 Å². The Hall–Kier alpha value is -3.68. The molecule has 0 unspecified atom stereocenters. The van der Waals surface area contributed by atoms with Gasteiger partial charge < -0.3 is 15.4 Å². The molecule has 152 valence electrons. The Morgan fingerprint density at radius 2 is 1.86 bits per heavy atom. The standard InChI is InChI=1S/C21H24N4O4/c1-4-22-20(27)21(28)25-23-12-16-6-5-7-17(11-16)29-13-19(26)24-18-10-14(2)8-9-15(18)3/h5-12H,4,13H2,1-3H3,(H,22,27)(H,24,26)(H,25,28)/b23-12-. The fourth-order valence-electron chi connectivity index (χ4n) is 2.35. The van der Waals surface area contributed by atoms with Crippen LogP contribution in [-0.4, -0.2) is 37.1 Å². The number of carbonyl (C=O) groups excluding carboxylic acids is 3. The van der Waals surface area contributed by atoms with Gasteiger partial charge in [-0.3, -0.25) is 14.4 Å². The highest BCUT2D eigenvalue weighted by atomic mass is 16.5. The Morgan fingerprint density at radius 1 is 1.07 bits per heavy atom. The minimum atomic E-state index is -0.849. The lowest BCUT2D eigenvalue weighted by Crippen LogP contribution is -2.37. The second-order valence-corrected chi connectivity index (χ2v) is 6.29. The van der Waals surface area contributed by atoms with Gasteiger partial charge in [-0.05, 0) is 55.7 Å². The molecule has 0 bridgehead atoms. The third-order valence-electron chi connectivity index (χ3n) is 3.82. The van der Waals surface area contributed by atoms with E-state index in [-0.39, 0.29) is 12.5 Å². The van der Waals surface area contributed by atoms with Gasteiger partial charge in [0.2, 0.25) is 0 Å². The van der Waals surface area contributed by atoms with Crippen molar-refractivity contribution in [2.24, 2.45) is 5.10 Å². The summed E-state index contributed by atoms with van der Waals surface area (Å²) in [6, 6.07) is 12.7. The number of amides is 3.